The Hall–Kier alpha value is -1.88. The fraction of sp³-hybridized carbons (Fsp3) is 0.286. The van der Waals surface area contributed by atoms with Crippen molar-refractivity contribution in [2.75, 3.05) is 5.73 Å². The van der Waals surface area contributed by atoms with Gasteiger partial charge in [-0.1, -0.05) is 6.07 Å². The zero-order chi connectivity index (χ0) is 13.2. The Morgan fingerprint density at radius 2 is 2.37 bits per heavy atom. The highest BCUT2D eigenvalue weighted by atomic mass is 32.1. The lowest BCUT2D eigenvalue weighted by Crippen LogP contribution is -2.31. The summed E-state index contributed by atoms with van der Waals surface area (Å²) >= 11 is 1.43. The number of fused-ring (bicyclic) bond motifs is 1. The Kier molecular flexibility index (Phi) is 3.21. The maximum atomic E-state index is 12.1. The van der Waals surface area contributed by atoms with Gasteiger partial charge in [-0.15, -0.1) is 11.3 Å². The highest BCUT2D eigenvalue weighted by molar-refractivity contribution is 7.07. The maximum absolute atomic E-state index is 12.1. The molecule has 5 heteroatoms. The quantitative estimate of drug-likeness (QED) is 0.826. The number of nitrogen functional groups attached to an aromatic ring is 1. The number of nitrogens with two attached hydrogens (primary N) is 1. The number of amides is 1. The lowest BCUT2D eigenvalue weighted by Gasteiger charge is -2.26. The van der Waals surface area contributed by atoms with E-state index in [0.717, 1.165) is 24.9 Å². The smallest absolute Gasteiger partial charge is 0.271 e. The fourth-order valence-electron chi connectivity index (χ4n) is 2.54. The minimum absolute atomic E-state index is 0.0681. The summed E-state index contributed by atoms with van der Waals surface area (Å²) in [5, 5.41) is 4.83. The van der Waals surface area contributed by atoms with Crippen molar-refractivity contribution >= 4 is 22.9 Å². The van der Waals surface area contributed by atoms with E-state index in [-0.39, 0.29) is 11.9 Å². The van der Waals surface area contributed by atoms with Crippen LogP contribution in [0.2, 0.25) is 0 Å². The van der Waals surface area contributed by atoms with Gasteiger partial charge in [0, 0.05) is 11.1 Å². The van der Waals surface area contributed by atoms with Gasteiger partial charge in [0.2, 0.25) is 0 Å². The number of aromatic nitrogens is 1. The number of rotatable bonds is 2. The van der Waals surface area contributed by atoms with Crippen LogP contribution in [0, 0.1) is 0 Å². The topological polar surface area (TPSA) is 68.0 Å². The second-order valence-electron chi connectivity index (χ2n) is 4.75. The summed E-state index contributed by atoms with van der Waals surface area (Å²) in [4.78, 5) is 16.1. The molecule has 1 aliphatic carbocycles. The van der Waals surface area contributed by atoms with Gasteiger partial charge in [-0.3, -0.25) is 4.79 Å². The first kappa shape index (κ1) is 12.2. The van der Waals surface area contributed by atoms with Gasteiger partial charge >= 0.3 is 0 Å². The van der Waals surface area contributed by atoms with Crippen LogP contribution in [0.3, 0.4) is 0 Å². The van der Waals surface area contributed by atoms with Gasteiger partial charge in [0.25, 0.3) is 5.91 Å². The lowest BCUT2D eigenvalue weighted by molar-refractivity contribution is 0.0928. The van der Waals surface area contributed by atoms with Crippen LogP contribution in [0.15, 0.2) is 29.1 Å². The third kappa shape index (κ3) is 2.46. The van der Waals surface area contributed by atoms with Crippen LogP contribution in [0.1, 0.15) is 40.5 Å². The summed E-state index contributed by atoms with van der Waals surface area (Å²) in [7, 11) is 0. The molecule has 1 aromatic carbocycles. The number of anilines is 1. The third-order valence-corrected chi connectivity index (χ3v) is 4.04. The van der Waals surface area contributed by atoms with E-state index >= 15 is 0 Å². The molecule has 1 unspecified atom stereocenters. The molecule has 4 nitrogen and oxygen atoms in total. The molecule has 0 radical (unpaired) electrons. The van der Waals surface area contributed by atoms with Gasteiger partial charge < -0.3 is 11.1 Å². The summed E-state index contributed by atoms with van der Waals surface area (Å²) in [5.41, 5.74) is 11.2. The average molecular weight is 273 g/mol. The molecule has 3 rings (SSSR count). The van der Waals surface area contributed by atoms with Crippen LogP contribution in [0.4, 0.5) is 5.69 Å². The highest BCUT2D eigenvalue weighted by Gasteiger charge is 2.22. The van der Waals surface area contributed by atoms with Crippen molar-refractivity contribution in [2.45, 2.75) is 25.3 Å². The van der Waals surface area contributed by atoms with Crippen molar-refractivity contribution in [3.8, 4) is 0 Å². The summed E-state index contributed by atoms with van der Waals surface area (Å²) in [6, 6.07) is 6.00. The fourth-order valence-corrected chi connectivity index (χ4v) is 3.07. The van der Waals surface area contributed by atoms with Gasteiger partial charge in [-0.25, -0.2) is 4.98 Å². The maximum Gasteiger partial charge on any atom is 0.271 e. The van der Waals surface area contributed by atoms with Crippen molar-refractivity contribution in [3.05, 3.63) is 45.9 Å². The average Bonchev–Trinajstić information content (AvgIpc) is 2.92. The van der Waals surface area contributed by atoms with E-state index in [1.807, 2.05) is 18.2 Å². The molecule has 1 amide bonds. The molecule has 0 aliphatic heterocycles. The van der Waals surface area contributed by atoms with Gasteiger partial charge in [0.1, 0.15) is 5.69 Å². The molecule has 2 aromatic rings. The van der Waals surface area contributed by atoms with Crippen molar-refractivity contribution < 1.29 is 4.79 Å². The van der Waals surface area contributed by atoms with Gasteiger partial charge in [-0.2, -0.15) is 0 Å². The molecule has 0 saturated heterocycles. The van der Waals surface area contributed by atoms with E-state index in [1.165, 1.54) is 22.5 Å². The van der Waals surface area contributed by atoms with Crippen LogP contribution >= 0.6 is 11.3 Å². The highest BCUT2D eigenvalue weighted by Crippen LogP contribution is 2.31. The van der Waals surface area contributed by atoms with Crippen LogP contribution in [0.5, 0.6) is 0 Å². The predicted octanol–water partition coefficient (Wildman–Crippen LogP) is 2.53. The first-order valence-corrected chi connectivity index (χ1v) is 7.25. The molecule has 1 atom stereocenters. The van der Waals surface area contributed by atoms with Gasteiger partial charge in [-0.05, 0) is 42.5 Å². The van der Waals surface area contributed by atoms with Gasteiger partial charge in [0.15, 0.2) is 0 Å². The van der Waals surface area contributed by atoms with E-state index in [9.17, 15) is 4.79 Å². The molecule has 0 fully saturated rings. The summed E-state index contributed by atoms with van der Waals surface area (Å²) in [5.74, 6) is -0.101. The molecule has 0 saturated carbocycles. The number of hydrogen-bond acceptors (Lipinski definition) is 4. The zero-order valence-electron chi connectivity index (χ0n) is 10.4. The van der Waals surface area contributed by atoms with Crippen molar-refractivity contribution in [3.63, 3.8) is 0 Å². The molecule has 98 valence electrons. The van der Waals surface area contributed by atoms with Gasteiger partial charge in [0.05, 0.1) is 11.6 Å². The van der Waals surface area contributed by atoms with Crippen LogP contribution in [0.25, 0.3) is 0 Å². The van der Waals surface area contributed by atoms with E-state index in [2.05, 4.69) is 10.3 Å². The largest absolute Gasteiger partial charge is 0.399 e. The van der Waals surface area contributed by atoms with Crippen molar-refractivity contribution in [2.24, 2.45) is 0 Å². The Bertz CT molecular complexity index is 595. The molecule has 1 heterocycles. The molecular formula is C14H15N3OS. The van der Waals surface area contributed by atoms with Crippen LogP contribution in [-0.2, 0) is 6.42 Å². The Morgan fingerprint density at radius 1 is 1.47 bits per heavy atom. The second-order valence-corrected chi connectivity index (χ2v) is 5.47. The third-order valence-electron chi connectivity index (χ3n) is 3.45. The standard InChI is InChI=1S/C14H15N3OS/c15-10-4-5-11-9(6-10)2-1-3-12(11)17-14(18)13-7-19-8-16-13/h4-8,12H,1-3,15H2,(H,17,18). The monoisotopic (exact) mass is 273 g/mol. The number of nitrogens with one attached hydrogen (secondary N) is 1. The molecular weight excluding hydrogens is 258 g/mol. The van der Waals surface area contributed by atoms with E-state index in [0.29, 0.717) is 5.69 Å². The number of carbonyl (C=O) groups excluding carboxylic acids is 1. The van der Waals surface area contributed by atoms with E-state index in [4.69, 9.17) is 5.73 Å². The van der Waals surface area contributed by atoms with Crippen LogP contribution < -0.4 is 11.1 Å². The number of nitrogens with zero attached hydrogens (tertiary/aromatic N) is 1. The minimum atomic E-state index is -0.101. The Labute approximate surface area is 115 Å². The first-order valence-electron chi connectivity index (χ1n) is 6.31. The number of aryl methyl sites for hydroxylation is 1. The van der Waals surface area contributed by atoms with Crippen molar-refractivity contribution in [1.82, 2.24) is 10.3 Å². The number of thiazole rings is 1. The summed E-state index contributed by atoms with van der Waals surface area (Å²) in [6.07, 6.45) is 3.06. The molecule has 0 bridgehead atoms. The zero-order valence-corrected chi connectivity index (χ0v) is 11.2. The predicted molar refractivity (Wildman–Crippen MR) is 76.1 cm³/mol. The number of carbonyl (C=O) groups is 1. The van der Waals surface area contributed by atoms with E-state index in [1.54, 1.807) is 10.9 Å². The second kappa shape index (κ2) is 5.01. The SMILES string of the molecule is Nc1ccc2c(c1)CCCC2NC(=O)c1cscn1. The normalized spacial score (nSPS) is 17.8. The van der Waals surface area contributed by atoms with Crippen LogP contribution in [-0.4, -0.2) is 10.9 Å². The molecule has 0 spiro atoms. The lowest BCUT2D eigenvalue weighted by atomic mass is 9.87. The molecule has 3 N–H and O–H groups in total. The van der Waals surface area contributed by atoms with E-state index < -0.39 is 0 Å². The minimum Gasteiger partial charge on any atom is -0.399 e. The molecule has 1 aromatic heterocycles. The number of hydrogen-bond donors (Lipinski definition) is 2. The Morgan fingerprint density at radius 3 is 3.16 bits per heavy atom. The first-order chi connectivity index (χ1) is 9.24. The Balaban J connectivity index is 1.82. The molecule has 19 heavy (non-hydrogen) atoms. The molecule has 1 aliphatic rings. The summed E-state index contributed by atoms with van der Waals surface area (Å²) in [6.45, 7) is 0. The van der Waals surface area contributed by atoms with Crippen molar-refractivity contribution in [1.29, 1.82) is 0 Å². The summed E-state index contributed by atoms with van der Waals surface area (Å²) < 4.78 is 0. The number of benzene rings is 1.